The lowest BCUT2D eigenvalue weighted by Gasteiger charge is -2.43. The largest absolute Gasteiger partial charge is 0.445 e. The molecule has 0 radical (unpaired) electrons. The van der Waals surface area contributed by atoms with Gasteiger partial charge in [0.05, 0.1) is 17.7 Å². The van der Waals surface area contributed by atoms with Crippen LogP contribution in [0.15, 0.2) is 57.2 Å². The lowest BCUT2D eigenvalue weighted by atomic mass is 9.89. The molecule has 0 unspecified atom stereocenters. The fraction of sp³-hybridized carbons (Fsp3) is 0.674. The topological polar surface area (TPSA) is 238 Å². The predicted octanol–water partition coefficient (Wildman–Crippen LogP) is 5.52. The number of nitrogens with zero attached hydrogens (tertiary/aromatic N) is 2. The second kappa shape index (κ2) is 21.2. The van der Waals surface area contributed by atoms with E-state index in [0.29, 0.717) is 0 Å². The molecular formula is C46H76N6O12SSi2. The van der Waals surface area contributed by atoms with E-state index in [1.807, 2.05) is 91.1 Å². The highest BCUT2D eigenvalue weighted by Crippen LogP contribution is 2.52. The van der Waals surface area contributed by atoms with E-state index in [-0.39, 0.29) is 67.3 Å². The molecule has 18 nitrogen and oxygen atoms in total. The molecule has 4 rings (SSSR count). The molecule has 1 aromatic heterocycles. The zero-order valence-electron chi connectivity index (χ0n) is 42.1. The van der Waals surface area contributed by atoms with Crippen LogP contribution in [0.2, 0.25) is 36.3 Å². The molecule has 1 spiro atoms. The third-order valence-electron chi connectivity index (χ3n) is 13.3. The van der Waals surface area contributed by atoms with Crippen LogP contribution in [0.25, 0.3) is 0 Å². The first-order valence-electron chi connectivity index (χ1n) is 23.0. The molecule has 2 aliphatic rings. The van der Waals surface area contributed by atoms with Crippen LogP contribution in [0.4, 0.5) is 4.79 Å². The number of rotatable bonds is 19. The minimum atomic E-state index is -4.33. The molecular weight excluding hydrogens is 917 g/mol. The van der Waals surface area contributed by atoms with Crippen LogP contribution < -0.4 is 32.9 Å². The number of hydrogen-bond acceptors (Lipinski definition) is 13. The average molecular weight is 993 g/mol. The second-order valence-corrected chi connectivity index (χ2v) is 32.5. The van der Waals surface area contributed by atoms with Crippen molar-refractivity contribution in [2.45, 2.75) is 175 Å². The smallest absolute Gasteiger partial charge is 0.408 e. The summed E-state index contributed by atoms with van der Waals surface area (Å²) in [4.78, 5) is 68.2. The van der Waals surface area contributed by atoms with Gasteiger partial charge in [0.1, 0.15) is 30.9 Å². The summed E-state index contributed by atoms with van der Waals surface area (Å²) in [5, 5.41) is 8.49. The molecule has 1 saturated heterocycles. The van der Waals surface area contributed by atoms with Crippen molar-refractivity contribution in [2.75, 3.05) is 13.2 Å². The molecule has 5 N–H and O–H groups in total. The van der Waals surface area contributed by atoms with Crippen LogP contribution >= 0.6 is 0 Å². The molecule has 0 aliphatic carbocycles. The number of amides is 3. The number of alkyl carbamates (subject to hydrolysis) is 1. The Morgan fingerprint density at radius 1 is 0.925 bits per heavy atom. The minimum absolute atomic E-state index is 0.00173. The molecule has 0 bridgehead atoms. The Kier molecular flexibility index (Phi) is 17.6. The number of aryl methyl sites for hydroxylation is 1. The Morgan fingerprint density at radius 2 is 1.54 bits per heavy atom. The standard InChI is InChI=1S/C46H76N6O12SSi2/c1-29(2)24-33(49-39(54)36(30(3)4)50-42(56)60-26-32-20-17-16-18-21-32)38(53)48-22-19-23-51-40(55)31(5)25-52(43(51)57)41-37(63-67(14,15)45(9,10)11)46(34(47)28-65(58,59)64-46)35(62-41)27-61-66(12,13)44(6,7)8/h16-18,20-21,25,28-30,33,35-37,41H,19,22-24,26-27,47H2,1-15H3,(H,48,53)(H,49,54)(H,50,56)/t33-,35+,36-,37-,41+,46+/m0/s1. The molecule has 67 heavy (non-hydrogen) atoms. The average Bonchev–Trinajstić information content (AvgIpc) is 3.63. The summed E-state index contributed by atoms with van der Waals surface area (Å²) in [6.45, 7) is 29.0. The molecule has 0 saturated carbocycles. The number of nitrogens with one attached hydrogen (secondary N) is 3. The maximum Gasteiger partial charge on any atom is 0.408 e. The van der Waals surface area contributed by atoms with E-state index in [2.05, 4.69) is 36.7 Å². The minimum Gasteiger partial charge on any atom is -0.445 e. The van der Waals surface area contributed by atoms with E-state index in [4.69, 9.17) is 28.2 Å². The zero-order chi connectivity index (χ0) is 50.7. The van der Waals surface area contributed by atoms with Gasteiger partial charge in [0.15, 0.2) is 28.5 Å². The molecule has 2 aliphatic heterocycles. The Balaban J connectivity index is 1.59. The maximum atomic E-state index is 14.6. The number of ether oxygens (including phenoxy) is 2. The second-order valence-electron chi connectivity index (χ2n) is 21.5. The lowest BCUT2D eigenvalue weighted by Crippen LogP contribution is -2.59. The first-order chi connectivity index (χ1) is 30.7. The Labute approximate surface area is 398 Å². The SMILES string of the molecule is Cc1cn([C@@H]2O[C@H](CO[Si](C)(C)C(C)(C)C)[C@@]3(OS(=O)(=O)C=C3N)[C@H]2O[Si](C)(C)C(C)(C)C)c(=O)n(CCCNC(=O)[C@H](CC(C)C)NC(=O)[C@@H](NC(=O)OCc2ccccc2)C(C)C)c1=O. The summed E-state index contributed by atoms with van der Waals surface area (Å²) in [5.41, 5.74) is 4.21. The van der Waals surface area contributed by atoms with E-state index in [1.165, 1.54) is 10.8 Å². The van der Waals surface area contributed by atoms with Crippen LogP contribution in [0.3, 0.4) is 0 Å². The maximum absolute atomic E-state index is 14.6. The Morgan fingerprint density at radius 3 is 2.07 bits per heavy atom. The summed E-state index contributed by atoms with van der Waals surface area (Å²) < 4.78 is 60.4. The predicted molar refractivity (Wildman–Crippen MR) is 261 cm³/mol. The highest BCUT2D eigenvalue weighted by molar-refractivity contribution is 7.90. The van der Waals surface area contributed by atoms with Crippen molar-refractivity contribution in [3.63, 3.8) is 0 Å². The summed E-state index contributed by atoms with van der Waals surface area (Å²) >= 11 is 0. The van der Waals surface area contributed by atoms with Crippen molar-refractivity contribution in [3.8, 4) is 0 Å². The van der Waals surface area contributed by atoms with Gasteiger partial charge in [-0.3, -0.25) is 23.5 Å². The number of benzene rings is 1. The van der Waals surface area contributed by atoms with Crippen LogP contribution in [-0.2, 0) is 55.4 Å². The molecule has 21 heteroatoms. The van der Waals surface area contributed by atoms with Crippen LogP contribution in [0, 0.1) is 18.8 Å². The van der Waals surface area contributed by atoms with Crippen LogP contribution in [0.1, 0.15) is 99.4 Å². The third kappa shape index (κ3) is 13.2. The lowest BCUT2D eigenvalue weighted by molar-refractivity contribution is -0.130. The molecule has 3 heterocycles. The van der Waals surface area contributed by atoms with Crippen molar-refractivity contribution in [3.05, 3.63) is 79.6 Å². The highest BCUT2D eigenvalue weighted by Gasteiger charge is 2.67. The molecule has 376 valence electrons. The van der Waals surface area contributed by atoms with Crippen molar-refractivity contribution in [1.82, 2.24) is 25.1 Å². The van der Waals surface area contributed by atoms with Gasteiger partial charge in [0.25, 0.3) is 15.7 Å². The zero-order valence-corrected chi connectivity index (χ0v) is 44.9. The van der Waals surface area contributed by atoms with E-state index in [9.17, 15) is 32.4 Å². The van der Waals surface area contributed by atoms with Gasteiger partial charge in [-0.2, -0.15) is 8.42 Å². The van der Waals surface area contributed by atoms with Crippen LogP contribution in [-0.4, -0.2) is 95.1 Å². The normalized spacial score (nSPS) is 21.9. The fourth-order valence-corrected chi connectivity index (χ4v) is 10.8. The molecule has 1 fully saturated rings. The number of hydrogen-bond donors (Lipinski definition) is 4. The first kappa shape index (κ1) is 55.5. The fourth-order valence-electron chi connectivity index (χ4n) is 7.31. The van der Waals surface area contributed by atoms with Gasteiger partial charge in [0, 0.05) is 24.8 Å². The van der Waals surface area contributed by atoms with E-state index >= 15 is 0 Å². The molecule has 3 amide bonds. The monoisotopic (exact) mass is 992 g/mol. The van der Waals surface area contributed by atoms with Crippen molar-refractivity contribution in [2.24, 2.45) is 17.6 Å². The van der Waals surface area contributed by atoms with Gasteiger partial charge < -0.3 is 40.0 Å². The summed E-state index contributed by atoms with van der Waals surface area (Å²) in [6, 6.07) is 7.16. The van der Waals surface area contributed by atoms with Gasteiger partial charge in [-0.15, -0.1) is 0 Å². The van der Waals surface area contributed by atoms with Crippen molar-refractivity contribution >= 4 is 44.7 Å². The van der Waals surface area contributed by atoms with E-state index in [0.717, 1.165) is 15.5 Å². The summed E-state index contributed by atoms with van der Waals surface area (Å²) in [6.07, 6.45) is -2.75. The number of carbonyl (C=O) groups is 3. The third-order valence-corrected chi connectivity index (χ3v) is 23.4. The van der Waals surface area contributed by atoms with Gasteiger partial charge in [-0.25, -0.2) is 13.8 Å². The summed E-state index contributed by atoms with van der Waals surface area (Å²) in [5.74, 6) is -1.38. The number of nitrogens with two attached hydrogens (primary N) is 1. The van der Waals surface area contributed by atoms with Gasteiger partial charge in [0.2, 0.25) is 11.8 Å². The number of aromatic nitrogens is 2. The van der Waals surface area contributed by atoms with E-state index < -0.39 is 97.1 Å². The molecule has 2 aromatic rings. The first-order valence-corrected chi connectivity index (χ1v) is 30.3. The van der Waals surface area contributed by atoms with Gasteiger partial charge >= 0.3 is 11.8 Å². The van der Waals surface area contributed by atoms with Gasteiger partial charge in [-0.1, -0.05) is 99.6 Å². The van der Waals surface area contributed by atoms with Crippen LogP contribution in [0.5, 0.6) is 0 Å². The van der Waals surface area contributed by atoms with Crippen molar-refractivity contribution in [1.29, 1.82) is 0 Å². The van der Waals surface area contributed by atoms with Gasteiger partial charge in [-0.05, 0) is 73.4 Å². The quantitative estimate of drug-likeness (QED) is 0.0773. The number of carbonyl (C=O) groups excluding carboxylic acids is 3. The molecule has 1 aromatic carbocycles. The Hall–Kier alpha value is -4.13. The van der Waals surface area contributed by atoms with Crippen molar-refractivity contribution < 1.29 is 45.3 Å². The molecule has 6 atom stereocenters. The summed E-state index contributed by atoms with van der Waals surface area (Å²) in [7, 11) is -9.64. The van der Waals surface area contributed by atoms with E-state index in [1.54, 1.807) is 20.8 Å². The Bertz CT molecular complexity index is 2360. The highest BCUT2D eigenvalue weighted by atomic mass is 32.2.